The van der Waals surface area contributed by atoms with Gasteiger partial charge in [-0.3, -0.25) is 4.79 Å². The third-order valence-electron chi connectivity index (χ3n) is 1.27. The number of carbonyl (C=O) groups excluding carboxylic acids is 1. The number of hydrogen-bond acceptors (Lipinski definition) is 3. The molecule has 0 spiro atoms. The first-order valence-electron chi connectivity index (χ1n) is 3.54. The van der Waals surface area contributed by atoms with Crippen LogP contribution < -0.4 is 5.11 Å². The maximum absolute atomic E-state index is 9.97. The Kier molecular flexibility index (Phi) is 5.15. The molecule has 4 nitrogen and oxygen atoms in total. The van der Waals surface area contributed by atoms with Gasteiger partial charge in [0.25, 0.3) is 0 Å². The van der Waals surface area contributed by atoms with Crippen LogP contribution in [0.4, 0.5) is 0 Å². The van der Waals surface area contributed by atoms with Crippen molar-refractivity contribution in [3.8, 4) is 0 Å². The molecule has 0 aliphatic carbocycles. The highest BCUT2D eigenvalue weighted by Gasteiger charge is 1.95. The van der Waals surface area contributed by atoms with Crippen LogP contribution >= 0.6 is 0 Å². The first-order valence-corrected chi connectivity index (χ1v) is 3.54. The minimum Gasteiger partial charge on any atom is -0.550 e. The molecular formula is C7H11O4-. The van der Waals surface area contributed by atoms with Gasteiger partial charge in [0.15, 0.2) is 0 Å². The molecule has 0 radical (unpaired) electrons. The molecule has 0 rings (SSSR count). The van der Waals surface area contributed by atoms with Gasteiger partial charge in [0, 0.05) is 12.4 Å². The van der Waals surface area contributed by atoms with E-state index in [0.29, 0.717) is 19.3 Å². The highest BCUT2D eigenvalue weighted by atomic mass is 16.4. The molecule has 1 N–H and O–H groups in total. The highest BCUT2D eigenvalue weighted by molar-refractivity contribution is 5.66. The van der Waals surface area contributed by atoms with E-state index >= 15 is 0 Å². The Labute approximate surface area is 64.8 Å². The standard InChI is InChI=1S/C7H12O4/c8-6(9)4-2-1-3-5-7(10)11/h1-5H2,(H,8,9)(H,10,11)/p-1. The summed E-state index contributed by atoms with van der Waals surface area (Å²) >= 11 is 0. The van der Waals surface area contributed by atoms with E-state index in [1.807, 2.05) is 0 Å². The van der Waals surface area contributed by atoms with E-state index in [-0.39, 0.29) is 12.8 Å². The number of unbranched alkanes of at least 4 members (excludes halogenated alkanes) is 2. The second-order valence-corrected chi connectivity index (χ2v) is 2.33. The van der Waals surface area contributed by atoms with Crippen LogP contribution in [0.1, 0.15) is 32.1 Å². The maximum atomic E-state index is 9.97. The number of carboxylic acid groups (broad SMARTS) is 2. The van der Waals surface area contributed by atoms with Crippen LogP contribution in [0.3, 0.4) is 0 Å². The van der Waals surface area contributed by atoms with Crippen molar-refractivity contribution in [2.24, 2.45) is 0 Å². The molecule has 11 heavy (non-hydrogen) atoms. The van der Waals surface area contributed by atoms with Crippen molar-refractivity contribution in [3.05, 3.63) is 0 Å². The summed E-state index contributed by atoms with van der Waals surface area (Å²) in [5, 5.41) is 18.1. The lowest BCUT2D eigenvalue weighted by Gasteiger charge is -1.99. The molecule has 0 aliphatic rings. The van der Waals surface area contributed by atoms with E-state index in [1.54, 1.807) is 0 Å². The average Bonchev–Trinajstić information content (AvgIpc) is 1.85. The lowest BCUT2D eigenvalue weighted by molar-refractivity contribution is -0.305. The van der Waals surface area contributed by atoms with Gasteiger partial charge < -0.3 is 15.0 Å². The normalized spacial score (nSPS) is 9.45. The van der Waals surface area contributed by atoms with Crippen molar-refractivity contribution >= 4 is 11.9 Å². The molecule has 0 atom stereocenters. The first kappa shape index (κ1) is 9.94. The van der Waals surface area contributed by atoms with E-state index in [4.69, 9.17) is 5.11 Å². The molecule has 0 aromatic carbocycles. The molecule has 0 bridgehead atoms. The van der Waals surface area contributed by atoms with Crippen molar-refractivity contribution in [2.45, 2.75) is 32.1 Å². The van der Waals surface area contributed by atoms with Crippen molar-refractivity contribution in [3.63, 3.8) is 0 Å². The fourth-order valence-electron chi connectivity index (χ4n) is 0.722. The van der Waals surface area contributed by atoms with Gasteiger partial charge in [-0.25, -0.2) is 0 Å². The maximum Gasteiger partial charge on any atom is 0.303 e. The average molecular weight is 159 g/mol. The molecule has 4 heteroatoms. The summed E-state index contributed by atoms with van der Waals surface area (Å²) in [5.74, 6) is -1.90. The van der Waals surface area contributed by atoms with Crippen molar-refractivity contribution in [1.29, 1.82) is 0 Å². The zero-order valence-electron chi connectivity index (χ0n) is 6.21. The van der Waals surface area contributed by atoms with Crippen molar-refractivity contribution < 1.29 is 19.8 Å². The lowest BCUT2D eigenvalue weighted by Crippen LogP contribution is -2.21. The summed E-state index contributed by atoms with van der Waals surface area (Å²) in [5.41, 5.74) is 0. The molecule has 0 saturated carbocycles. The van der Waals surface area contributed by atoms with E-state index in [2.05, 4.69) is 0 Å². The van der Waals surface area contributed by atoms with E-state index in [1.165, 1.54) is 0 Å². The summed E-state index contributed by atoms with van der Waals surface area (Å²) < 4.78 is 0. The van der Waals surface area contributed by atoms with Crippen LogP contribution in [0, 0.1) is 0 Å². The zero-order chi connectivity index (χ0) is 8.69. The quantitative estimate of drug-likeness (QED) is 0.543. The molecule has 0 aromatic heterocycles. The second kappa shape index (κ2) is 5.70. The van der Waals surface area contributed by atoms with Gasteiger partial charge in [-0.1, -0.05) is 6.42 Å². The molecule has 0 fully saturated rings. The van der Waals surface area contributed by atoms with Gasteiger partial charge >= 0.3 is 5.97 Å². The van der Waals surface area contributed by atoms with Crippen LogP contribution in [0.2, 0.25) is 0 Å². The lowest BCUT2D eigenvalue weighted by atomic mass is 10.1. The largest absolute Gasteiger partial charge is 0.550 e. The second-order valence-electron chi connectivity index (χ2n) is 2.33. The summed E-state index contributed by atoms with van der Waals surface area (Å²) in [7, 11) is 0. The minimum atomic E-state index is -1.07. The number of aliphatic carboxylic acids is 2. The Morgan fingerprint density at radius 3 is 2.09 bits per heavy atom. The molecule has 0 aliphatic heterocycles. The third-order valence-corrected chi connectivity index (χ3v) is 1.27. The number of carbonyl (C=O) groups is 2. The van der Waals surface area contributed by atoms with Crippen LogP contribution in [-0.2, 0) is 9.59 Å². The molecule has 0 amide bonds. The Morgan fingerprint density at radius 1 is 1.09 bits per heavy atom. The van der Waals surface area contributed by atoms with Gasteiger partial charge in [-0.15, -0.1) is 0 Å². The van der Waals surface area contributed by atoms with Gasteiger partial charge in [0.1, 0.15) is 0 Å². The zero-order valence-corrected chi connectivity index (χ0v) is 6.21. The summed E-state index contributed by atoms with van der Waals surface area (Å²) in [6.07, 6.45) is 1.84. The van der Waals surface area contributed by atoms with Gasteiger partial charge in [-0.05, 0) is 19.3 Å². The van der Waals surface area contributed by atoms with Crippen LogP contribution in [0.25, 0.3) is 0 Å². The van der Waals surface area contributed by atoms with E-state index in [0.717, 1.165) is 0 Å². The number of carboxylic acids is 2. The van der Waals surface area contributed by atoms with Crippen molar-refractivity contribution in [2.75, 3.05) is 0 Å². The van der Waals surface area contributed by atoms with Gasteiger partial charge in [0.2, 0.25) is 0 Å². The fraction of sp³-hybridized carbons (Fsp3) is 0.714. The summed E-state index contributed by atoms with van der Waals surface area (Å²) in [6, 6.07) is 0. The smallest absolute Gasteiger partial charge is 0.303 e. The van der Waals surface area contributed by atoms with Crippen LogP contribution in [0.5, 0.6) is 0 Å². The number of rotatable bonds is 6. The topological polar surface area (TPSA) is 77.4 Å². The molecule has 0 unspecified atom stereocenters. The van der Waals surface area contributed by atoms with Crippen molar-refractivity contribution in [1.82, 2.24) is 0 Å². The van der Waals surface area contributed by atoms with Gasteiger partial charge in [0.05, 0.1) is 0 Å². The SMILES string of the molecule is O=C([O-])CCCCCC(=O)O. The molecule has 0 heterocycles. The molecule has 0 saturated heterocycles. The Hall–Kier alpha value is -1.06. The third kappa shape index (κ3) is 8.94. The molecule has 0 aromatic rings. The number of hydrogen-bond donors (Lipinski definition) is 1. The Balaban J connectivity index is 3.03. The monoisotopic (exact) mass is 159 g/mol. The van der Waals surface area contributed by atoms with Crippen LogP contribution in [0.15, 0.2) is 0 Å². The van der Waals surface area contributed by atoms with E-state index < -0.39 is 11.9 Å². The van der Waals surface area contributed by atoms with Crippen LogP contribution in [-0.4, -0.2) is 17.0 Å². The minimum absolute atomic E-state index is 0.0274. The predicted octanol–water partition coefficient (Wildman–Crippen LogP) is -0.229. The fourth-order valence-corrected chi connectivity index (χ4v) is 0.722. The predicted molar refractivity (Wildman–Crippen MR) is 35.7 cm³/mol. The summed E-state index contributed by atoms with van der Waals surface area (Å²) in [4.78, 5) is 19.8. The Bertz CT molecular complexity index is 125. The molecular weight excluding hydrogens is 148 g/mol. The first-order chi connectivity index (χ1) is 5.13. The van der Waals surface area contributed by atoms with Gasteiger partial charge in [-0.2, -0.15) is 0 Å². The Morgan fingerprint density at radius 2 is 1.64 bits per heavy atom. The highest BCUT2D eigenvalue weighted by Crippen LogP contribution is 2.01. The molecule has 64 valence electrons. The van der Waals surface area contributed by atoms with E-state index in [9.17, 15) is 14.7 Å². The summed E-state index contributed by atoms with van der Waals surface area (Å²) in [6.45, 7) is 0.